The van der Waals surface area contributed by atoms with Crippen molar-refractivity contribution in [1.82, 2.24) is 0 Å². The van der Waals surface area contributed by atoms with Gasteiger partial charge in [0, 0.05) is 12.5 Å². The van der Waals surface area contributed by atoms with Crippen LogP contribution in [0.5, 0.6) is 0 Å². The van der Waals surface area contributed by atoms with E-state index in [0.717, 1.165) is 12.8 Å². The summed E-state index contributed by atoms with van der Waals surface area (Å²) in [7, 11) is 1.72. The minimum Gasteiger partial charge on any atom is -0.478 e. The number of methoxy groups -OCH3 is 1. The number of carbonyl (C=O) groups is 1. The largest absolute Gasteiger partial charge is 0.478 e. The zero-order valence-electron chi connectivity index (χ0n) is 9.56. The monoisotopic (exact) mass is 220 g/mol. The van der Waals surface area contributed by atoms with E-state index in [1.807, 2.05) is 12.1 Å². The van der Waals surface area contributed by atoms with Gasteiger partial charge < -0.3 is 9.84 Å². The summed E-state index contributed by atoms with van der Waals surface area (Å²) in [6.45, 7) is 2.07. The maximum absolute atomic E-state index is 10.7. The summed E-state index contributed by atoms with van der Waals surface area (Å²) < 4.78 is 5.39. The van der Waals surface area contributed by atoms with E-state index in [9.17, 15) is 4.79 Å². The maximum Gasteiger partial charge on any atom is 0.335 e. The van der Waals surface area contributed by atoms with Gasteiger partial charge in [-0.15, -0.1) is 0 Å². The van der Waals surface area contributed by atoms with Crippen LogP contribution in [0.3, 0.4) is 0 Å². The van der Waals surface area contributed by atoms with Crippen molar-refractivity contribution in [2.75, 3.05) is 7.11 Å². The molecule has 1 aromatic carbocycles. The number of hydrogen-bond acceptors (Lipinski definition) is 2. The van der Waals surface area contributed by atoms with Gasteiger partial charge >= 0.3 is 5.97 Å². The van der Waals surface area contributed by atoms with Crippen LogP contribution in [0.15, 0.2) is 24.3 Å². The second-order valence-electron chi connectivity index (χ2n) is 4.42. The SMILES string of the molecule is COC(C)C1(c2ccc(C(=O)O)cc2)CC1. The molecule has 1 fully saturated rings. The molecule has 2 rings (SSSR count). The van der Waals surface area contributed by atoms with Gasteiger partial charge in [0.15, 0.2) is 0 Å². The zero-order chi connectivity index (χ0) is 11.8. The Hall–Kier alpha value is -1.35. The van der Waals surface area contributed by atoms with E-state index in [1.165, 1.54) is 5.56 Å². The lowest BCUT2D eigenvalue weighted by atomic mass is 9.90. The molecular weight excluding hydrogens is 204 g/mol. The van der Waals surface area contributed by atoms with Crippen LogP contribution in [-0.4, -0.2) is 24.3 Å². The summed E-state index contributed by atoms with van der Waals surface area (Å²) in [6.07, 6.45) is 2.42. The van der Waals surface area contributed by atoms with Crippen molar-refractivity contribution < 1.29 is 14.6 Å². The molecule has 1 unspecified atom stereocenters. The Balaban J connectivity index is 2.25. The number of benzene rings is 1. The average Bonchev–Trinajstić information content (AvgIpc) is 3.09. The summed E-state index contributed by atoms with van der Waals surface area (Å²) >= 11 is 0. The lowest BCUT2D eigenvalue weighted by Gasteiger charge is -2.22. The van der Waals surface area contributed by atoms with Crippen molar-refractivity contribution in [2.24, 2.45) is 0 Å². The van der Waals surface area contributed by atoms with Gasteiger partial charge in [-0.1, -0.05) is 12.1 Å². The number of aromatic carboxylic acids is 1. The molecule has 1 saturated carbocycles. The van der Waals surface area contributed by atoms with Gasteiger partial charge in [0.1, 0.15) is 0 Å². The molecule has 1 aliphatic carbocycles. The number of carboxylic acid groups (broad SMARTS) is 1. The fourth-order valence-corrected chi connectivity index (χ4v) is 2.23. The quantitative estimate of drug-likeness (QED) is 0.847. The molecule has 1 aliphatic rings. The summed E-state index contributed by atoms with van der Waals surface area (Å²) in [6, 6.07) is 7.15. The summed E-state index contributed by atoms with van der Waals surface area (Å²) in [5.41, 5.74) is 1.64. The summed E-state index contributed by atoms with van der Waals surface area (Å²) in [5, 5.41) is 8.82. The lowest BCUT2D eigenvalue weighted by Crippen LogP contribution is -2.24. The van der Waals surface area contributed by atoms with Crippen LogP contribution >= 0.6 is 0 Å². The highest BCUT2D eigenvalue weighted by atomic mass is 16.5. The minimum absolute atomic E-state index is 0.117. The van der Waals surface area contributed by atoms with Crippen molar-refractivity contribution in [2.45, 2.75) is 31.3 Å². The van der Waals surface area contributed by atoms with Crippen molar-refractivity contribution in [3.8, 4) is 0 Å². The first-order valence-electron chi connectivity index (χ1n) is 5.47. The summed E-state index contributed by atoms with van der Waals surface area (Å²) in [4.78, 5) is 10.7. The number of rotatable bonds is 4. The highest BCUT2D eigenvalue weighted by Gasteiger charge is 2.49. The predicted molar refractivity (Wildman–Crippen MR) is 60.8 cm³/mol. The molecule has 0 amide bonds. The third-order valence-corrected chi connectivity index (χ3v) is 3.63. The normalized spacial score (nSPS) is 19.1. The van der Waals surface area contributed by atoms with E-state index in [2.05, 4.69) is 6.92 Å². The molecule has 1 aromatic rings. The van der Waals surface area contributed by atoms with Gasteiger partial charge in [0.2, 0.25) is 0 Å². The zero-order valence-corrected chi connectivity index (χ0v) is 9.56. The van der Waals surface area contributed by atoms with Gasteiger partial charge in [-0.25, -0.2) is 4.79 Å². The third-order valence-electron chi connectivity index (χ3n) is 3.63. The first kappa shape index (κ1) is 11.1. The van der Waals surface area contributed by atoms with Gasteiger partial charge in [0.25, 0.3) is 0 Å². The fourth-order valence-electron chi connectivity index (χ4n) is 2.23. The molecular formula is C13H16O3. The van der Waals surface area contributed by atoms with E-state index in [0.29, 0.717) is 5.56 Å². The van der Waals surface area contributed by atoms with Crippen molar-refractivity contribution in [3.63, 3.8) is 0 Å². The number of hydrogen-bond donors (Lipinski definition) is 1. The van der Waals surface area contributed by atoms with Crippen molar-refractivity contribution in [3.05, 3.63) is 35.4 Å². The third kappa shape index (κ3) is 1.71. The topological polar surface area (TPSA) is 46.5 Å². The fraction of sp³-hybridized carbons (Fsp3) is 0.462. The van der Waals surface area contributed by atoms with E-state index in [1.54, 1.807) is 19.2 Å². The van der Waals surface area contributed by atoms with E-state index in [-0.39, 0.29) is 11.5 Å². The molecule has 0 bridgehead atoms. The van der Waals surface area contributed by atoms with Crippen LogP contribution in [0.1, 0.15) is 35.7 Å². The van der Waals surface area contributed by atoms with E-state index in [4.69, 9.17) is 9.84 Å². The standard InChI is InChI=1S/C13H16O3/c1-9(16-2)13(7-8-13)11-5-3-10(4-6-11)12(14)15/h3-6,9H,7-8H2,1-2H3,(H,14,15). The molecule has 0 aromatic heterocycles. The van der Waals surface area contributed by atoms with Gasteiger partial charge in [-0.3, -0.25) is 0 Å². The van der Waals surface area contributed by atoms with Crippen LogP contribution in [0.25, 0.3) is 0 Å². The molecule has 16 heavy (non-hydrogen) atoms. The minimum atomic E-state index is -0.879. The lowest BCUT2D eigenvalue weighted by molar-refractivity contribution is 0.0696. The second kappa shape index (κ2) is 3.91. The molecule has 3 heteroatoms. The second-order valence-corrected chi connectivity index (χ2v) is 4.42. The Morgan fingerprint density at radius 2 is 1.94 bits per heavy atom. The van der Waals surface area contributed by atoms with Crippen LogP contribution in [0, 0.1) is 0 Å². The molecule has 0 radical (unpaired) electrons. The molecule has 0 saturated heterocycles. The van der Waals surface area contributed by atoms with E-state index >= 15 is 0 Å². The first-order valence-corrected chi connectivity index (χ1v) is 5.47. The molecule has 0 spiro atoms. The Kier molecular flexibility index (Phi) is 2.72. The Bertz CT molecular complexity index is 390. The first-order chi connectivity index (χ1) is 7.60. The molecule has 86 valence electrons. The van der Waals surface area contributed by atoms with Crippen molar-refractivity contribution in [1.29, 1.82) is 0 Å². The Labute approximate surface area is 95.0 Å². The molecule has 1 N–H and O–H groups in total. The molecule has 1 atom stereocenters. The number of ether oxygens (including phenoxy) is 1. The molecule has 0 heterocycles. The maximum atomic E-state index is 10.7. The van der Waals surface area contributed by atoms with E-state index < -0.39 is 5.97 Å². The Morgan fingerprint density at radius 1 is 1.38 bits per heavy atom. The highest BCUT2D eigenvalue weighted by Crippen LogP contribution is 2.51. The molecule has 3 nitrogen and oxygen atoms in total. The van der Waals surface area contributed by atoms with Crippen LogP contribution in [-0.2, 0) is 10.2 Å². The highest BCUT2D eigenvalue weighted by molar-refractivity contribution is 5.87. The number of carboxylic acids is 1. The van der Waals surface area contributed by atoms with Gasteiger partial charge in [-0.2, -0.15) is 0 Å². The van der Waals surface area contributed by atoms with Crippen LogP contribution < -0.4 is 0 Å². The summed E-state index contributed by atoms with van der Waals surface area (Å²) in [5.74, 6) is -0.879. The average molecular weight is 220 g/mol. The Morgan fingerprint density at radius 3 is 2.31 bits per heavy atom. The smallest absolute Gasteiger partial charge is 0.335 e. The van der Waals surface area contributed by atoms with Gasteiger partial charge in [0.05, 0.1) is 11.7 Å². The van der Waals surface area contributed by atoms with Crippen LogP contribution in [0.4, 0.5) is 0 Å². The van der Waals surface area contributed by atoms with Crippen LogP contribution in [0.2, 0.25) is 0 Å². The van der Waals surface area contributed by atoms with Gasteiger partial charge in [-0.05, 0) is 37.5 Å². The molecule has 0 aliphatic heterocycles. The van der Waals surface area contributed by atoms with Crippen molar-refractivity contribution >= 4 is 5.97 Å². The predicted octanol–water partition coefficient (Wildman–Crippen LogP) is 2.45.